The number of aromatic amines is 1. The average Bonchev–Trinajstić information content (AvgIpc) is 2.89. The second-order valence-electron chi connectivity index (χ2n) is 6.59. The summed E-state index contributed by atoms with van der Waals surface area (Å²) in [6.45, 7) is 8.92. The van der Waals surface area contributed by atoms with Crippen LogP contribution in [-0.2, 0) is 4.79 Å². The summed E-state index contributed by atoms with van der Waals surface area (Å²) in [7, 11) is 0. The molecule has 0 aliphatic carbocycles. The Bertz CT molecular complexity index is 1110. The first-order valence-electron chi connectivity index (χ1n) is 8.39. The number of rotatable bonds is 4. The van der Waals surface area contributed by atoms with Gasteiger partial charge >= 0.3 is 0 Å². The molecule has 2 amide bonds. The van der Waals surface area contributed by atoms with Gasteiger partial charge in [-0.25, -0.2) is 4.39 Å². The van der Waals surface area contributed by atoms with Crippen LogP contribution < -0.4 is 11.1 Å². The summed E-state index contributed by atoms with van der Waals surface area (Å²) in [4.78, 5) is 26.8. The number of anilines is 1. The Morgan fingerprint density at radius 1 is 1.22 bits per heavy atom. The molecule has 0 saturated heterocycles. The maximum Gasteiger partial charge on any atom is 0.250 e. The number of H-pyrrole nitrogens is 1. The molecular weight excluding hydrogens is 345 g/mol. The molecular formula is C21H20FN3O2. The van der Waals surface area contributed by atoms with E-state index in [2.05, 4.69) is 16.9 Å². The van der Waals surface area contributed by atoms with E-state index in [9.17, 15) is 9.59 Å². The van der Waals surface area contributed by atoms with Gasteiger partial charge in [-0.1, -0.05) is 18.7 Å². The molecule has 138 valence electrons. The van der Waals surface area contributed by atoms with E-state index in [1.165, 1.54) is 0 Å². The predicted octanol–water partition coefficient (Wildman–Crippen LogP) is 4.20. The number of hydrogen-bond donors (Lipinski definition) is 3. The maximum absolute atomic E-state index is 15.0. The van der Waals surface area contributed by atoms with Crippen molar-refractivity contribution in [1.29, 1.82) is 0 Å². The van der Waals surface area contributed by atoms with Gasteiger partial charge in [0.15, 0.2) is 0 Å². The number of nitrogens with two attached hydrogens (primary N) is 1. The van der Waals surface area contributed by atoms with Crippen LogP contribution in [0.15, 0.2) is 42.5 Å². The second-order valence-corrected chi connectivity index (χ2v) is 6.59. The Labute approximate surface area is 156 Å². The summed E-state index contributed by atoms with van der Waals surface area (Å²) in [5, 5.41) is 3.33. The van der Waals surface area contributed by atoms with E-state index < -0.39 is 11.7 Å². The monoisotopic (exact) mass is 365 g/mol. The second kappa shape index (κ2) is 6.72. The largest absolute Gasteiger partial charge is 0.366 e. The highest BCUT2D eigenvalue weighted by atomic mass is 19.1. The number of carbonyl (C=O) groups is 2. The van der Waals surface area contributed by atoms with E-state index in [4.69, 9.17) is 5.73 Å². The van der Waals surface area contributed by atoms with Gasteiger partial charge in [-0.3, -0.25) is 9.59 Å². The number of hydrogen-bond acceptors (Lipinski definition) is 2. The summed E-state index contributed by atoms with van der Waals surface area (Å²) in [5.74, 6) is -1.56. The molecule has 0 unspecified atom stereocenters. The smallest absolute Gasteiger partial charge is 0.250 e. The lowest BCUT2D eigenvalue weighted by Gasteiger charge is -2.12. The number of primary amides is 1. The fourth-order valence-corrected chi connectivity index (χ4v) is 3.09. The molecule has 3 rings (SSSR count). The number of aryl methyl sites for hydroxylation is 2. The molecule has 0 atom stereocenters. The number of amides is 2. The van der Waals surface area contributed by atoms with Gasteiger partial charge in [-0.15, -0.1) is 0 Å². The van der Waals surface area contributed by atoms with E-state index in [0.717, 1.165) is 17.3 Å². The van der Waals surface area contributed by atoms with Crippen molar-refractivity contribution < 1.29 is 14.0 Å². The quantitative estimate of drug-likeness (QED) is 0.605. The first kappa shape index (κ1) is 18.4. The predicted molar refractivity (Wildman–Crippen MR) is 105 cm³/mol. The van der Waals surface area contributed by atoms with Crippen molar-refractivity contribution >= 4 is 28.4 Å². The molecule has 0 bridgehead atoms. The van der Waals surface area contributed by atoms with Gasteiger partial charge in [0.25, 0.3) is 11.8 Å². The van der Waals surface area contributed by atoms with Gasteiger partial charge in [0.2, 0.25) is 0 Å². The summed E-state index contributed by atoms with van der Waals surface area (Å²) >= 11 is 0. The molecule has 1 aromatic heterocycles. The normalized spacial score (nSPS) is 10.8. The SMILES string of the molecule is C=C(C)C(=O)Nc1cccc(-c2c(F)cc(C(N)=O)c3[nH]c(C)c(C)c23)c1. The molecule has 2 aromatic carbocycles. The van der Waals surface area contributed by atoms with E-state index in [1.54, 1.807) is 31.2 Å². The van der Waals surface area contributed by atoms with E-state index in [1.807, 2.05) is 13.8 Å². The molecule has 6 heteroatoms. The lowest BCUT2D eigenvalue weighted by molar-refractivity contribution is -0.112. The van der Waals surface area contributed by atoms with Crippen LogP contribution in [0, 0.1) is 19.7 Å². The van der Waals surface area contributed by atoms with Crippen LogP contribution in [0.3, 0.4) is 0 Å². The van der Waals surface area contributed by atoms with Crippen molar-refractivity contribution in [3.63, 3.8) is 0 Å². The molecule has 1 heterocycles. The third kappa shape index (κ3) is 3.21. The van der Waals surface area contributed by atoms with Crippen molar-refractivity contribution in [3.8, 4) is 11.1 Å². The Balaban J connectivity index is 2.25. The number of aromatic nitrogens is 1. The van der Waals surface area contributed by atoms with E-state index in [0.29, 0.717) is 33.3 Å². The first-order valence-corrected chi connectivity index (χ1v) is 8.39. The number of carbonyl (C=O) groups excluding carboxylic acids is 2. The summed E-state index contributed by atoms with van der Waals surface area (Å²) in [5.41, 5.74) is 9.52. The van der Waals surface area contributed by atoms with Crippen molar-refractivity contribution in [2.24, 2.45) is 5.73 Å². The summed E-state index contributed by atoms with van der Waals surface area (Å²) in [6, 6.07) is 8.02. The van der Waals surface area contributed by atoms with E-state index >= 15 is 4.39 Å². The number of halogens is 1. The minimum Gasteiger partial charge on any atom is -0.366 e. The van der Waals surface area contributed by atoms with Crippen LogP contribution in [0.1, 0.15) is 28.5 Å². The molecule has 0 fully saturated rings. The molecule has 0 spiro atoms. The molecule has 27 heavy (non-hydrogen) atoms. The number of nitrogens with one attached hydrogen (secondary N) is 2. The number of benzene rings is 2. The van der Waals surface area contributed by atoms with Gasteiger partial charge in [-0.05, 0) is 50.1 Å². The Morgan fingerprint density at radius 3 is 2.56 bits per heavy atom. The van der Waals surface area contributed by atoms with Crippen molar-refractivity contribution in [2.45, 2.75) is 20.8 Å². The maximum atomic E-state index is 15.0. The molecule has 0 aliphatic rings. The summed E-state index contributed by atoms with van der Waals surface area (Å²) in [6.07, 6.45) is 0. The highest BCUT2D eigenvalue weighted by Crippen LogP contribution is 2.37. The topological polar surface area (TPSA) is 88.0 Å². The van der Waals surface area contributed by atoms with Crippen molar-refractivity contribution in [3.05, 3.63) is 65.1 Å². The third-order valence-corrected chi connectivity index (χ3v) is 4.59. The Morgan fingerprint density at radius 2 is 1.93 bits per heavy atom. The Hall–Kier alpha value is -3.41. The zero-order valence-corrected chi connectivity index (χ0v) is 15.4. The van der Waals surface area contributed by atoms with Gasteiger partial charge in [-0.2, -0.15) is 0 Å². The van der Waals surface area contributed by atoms with Gasteiger partial charge in [0.05, 0.1) is 11.1 Å². The van der Waals surface area contributed by atoms with E-state index in [-0.39, 0.29) is 11.5 Å². The zero-order chi connectivity index (χ0) is 19.9. The fraction of sp³-hybridized carbons (Fsp3) is 0.143. The van der Waals surface area contributed by atoms with Gasteiger partial charge in [0, 0.05) is 27.9 Å². The molecule has 0 aliphatic heterocycles. The summed E-state index contributed by atoms with van der Waals surface area (Å²) < 4.78 is 15.0. The van der Waals surface area contributed by atoms with Crippen LogP contribution in [0.4, 0.5) is 10.1 Å². The van der Waals surface area contributed by atoms with Crippen LogP contribution in [0.5, 0.6) is 0 Å². The zero-order valence-electron chi connectivity index (χ0n) is 15.4. The Kier molecular flexibility index (Phi) is 4.57. The molecule has 5 nitrogen and oxygen atoms in total. The van der Waals surface area contributed by atoms with Gasteiger partial charge in [0.1, 0.15) is 5.82 Å². The molecule has 4 N–H and O–H groups in total. The first-order chi connectivity index (χ1) is 12.7. The van der Waals surface area contributed by atoms with Crippen LogP contribution in [-0.4, -0.2) is 16.8 Å². The van der Waals surface area contributed by atoms with Crippen LogP contribution >= 0.6 is 0 Å². The lowest BCUT2D eigenvalue weighted by Crippen LogP contribution is -2.12. The lowest BCUT2D eigenvalue weighted by atomic mass is 9.95. The highest BCUT2D eigenvalue weighted by molar-refractivity contribution is 6.11. The number of fused-ring (bicyclic) bond motifs is 1. The minimum atomic E-state index is -0.700. The van der Waals surface area contributed by atoms with Crippen LogP contribution in [0.25, 0.3) is 22.0 Å². The third-order valence-electron chi connectivity index (χ3n) is 4.59. The van der Waals surface area contributed by atoms with Crippen molar-refractivity contribution in [2.75, 3.05) is 5.32 Å². The highest BCUT2D eigenvalue weighted by Gasteiger charge is 2.21. The molecule has 0 radical (unpaired) electrons. The molecule has 3 aromatic rings. The van der Waals surface area contributed by atoms with Crippen molar-refractivity contribution in [1.82, 2.24) is 4.98 Å². The molecule has 0 saturated carbocycles. The average molecular weight is 365 g/mol. The fourth-order valence-electron chi connectivity index (χ4n) is 3.09. The standard InChI is InChI=1S/C21H20FN3O2/c1-10(2)21(27)25-14-7-5-6-13(8-14)18-16(22)9-15(20(23)26)19-17(18)11(3)12(4)24-19/h5-9,24H,1H2,2-4H3,(H2,23,26)(H,25,27). The van der Waals surface area contributed by atoms with Crippen LogP contribution in [0.2, 0.25) is 0 Å². The van der Waals surface area contributed by atoms with Gasteiger partial charge < -0.3 is 16.0 Å². The minimum absolute atomic E-state index is 0.106.